The van der Waals surface area contributed by atoms with Gasteiger partial charge in [-0.3, -0.25) is 0 Å². The molecule has 0 bridgehead atoms. The van der Waals surface area contributed by atoms with Gasteiger partial charge in [0.15, 0.2) is 0 Å². The number of aliphatic hydroxyl groups is 1. The van der Waals surface area contributed by atoms with Crippen molar-refractivity contribution in [2.24, 2.45) is 5.41 Å². The van der Waals surface area contributed by atoms with Crippen LogP contribution in [0.5, 0.6) is 0 Å². The first-order valence-electron chi connectivity index (χ1n) is 6.97. The Hall–Kier alpha value is -1.11. The van der Waals surface area contributed by atoms with Crippen LogP contribution < -0.4 is 5.32 Å². The molecular weight excluding hydrogens is 288 g/mol. The van der Waals surface area contributed by atoms with Crippen LogP contribution in [0.4, 0.5) is 5.69 Å². The zero-order valence-electron chi connectivity index (χ0n) is 13.4. The van der Waals surface area contributed by atoms with Crippen LogP contribution in [0.1, 0.15) is 27.2 Å². The summed E-state index contributed by atoms with van der Waals surface area (Å²) in [7, 11) is -0.500. The number of sulfonamides is 1. The maximum Gasteiger partial charge on any atom is 0.244 e. The molecule has 1 aromatic rings. The zero-order chi connectivity index (χ0) is 16.3. The summed E-state index contributed by atoms with van der Waals surface area (Å²) in [5.41, 5.74) is 0.537. The zero-order valence-corrected chi connectivity index (χ0v) is 14.2. The van der Waals surface area contributed by atoms with Crippen molar-refractivity contribution in [3.63, 3.8) is 0 Å². The first-order chi connectivity index (χ1) is 9.54. The van der Waals surface area contributed by atoms with E-state index in [9.17, 15) is 13.5 Å². The lowest BCUT2D eigenvalue weighted by atomic mass is 9.89. The van der Waals surface area contributed by atoms with Gasteiger partial charge in [0.2, 0.25) is 10.0 Å². The summed E-state index contributed by atoms with van der Waals surface area (Å²) in [5, 5.41) is 13.1. The number of benzene rings is 1. The Labute approximate surface area is 128 Å². The largest absolute Gasteiger partial charge is 0.391 e. The van der Waals surface area contributed by atoms with Crippen molar-refractivity contribution in [3.05, 3.63) is 24.3 Å². The average Bonchev–Trinajstić information content (AvgIpc) is 2.34. The molecule has 0 aromatic heterocycles. The summed E-state index contributed by atoms with van der Waals surface area (Å²) in [5.74, 6) is 0. The Morgan fingerprint density at radius 2 is 1.81 bits per heavy atom. The van der Waals surface area contributed by atoms with Crippen LogP contribution >= 0.6 is 0 Å². The van der Waals surface area contributed by atoms with Crippen molar-refractivity contribution in [2.45, 2.75) is 38.2 Å². The first-order valence-corrected chi connectivity index (χ1v) is 8.41. The molecule has 0 aliphatic heterocycles. The Bertz CT molecular complexity index is 563. The van der Waals surface area contributed by atoms with Gasteiger partial charge < -0.3 is 10.4 Å². The van der Waals surface area contributed by atoms with Gasteiger partial charge in [0.1, 0.15) is 4.90 Å². The van der Waals surface area contributed by atoms with E-state index in [1.165, 1.54) is 18.4 Å². The quantitative estimate of drug-likeness (QED) is 0.844. The fourth-order valence-electron chi connectivity index (χ4n) is 2.04. The van der Waals surface area contributed by atoms with Gasteiger partial charge in [-0.1, -0.05) is 32.9 Å². The second kappa shape index (κ2) is 6.77. The van der Waals surface area contributed by atoms with E-state index >= 15 is 0 Å². The van der Waals surface area contributed by atoms with Gasteiger partial charge in [0.05, 0.1) is 11.8 Å². The van der Waals surface area contributed by atoms with E-state index in [0.29, 0.717) is 18.7 Å². The fraction of sp³-hybridized carbons (Fsp3) is 0.600. The summed E-state index contributed by atoms with van der Waals surface area (Å²) in [6.45, 7) is 6.49. The maximum atomic E-state index is 12.2. The summed E-state index contributed by atoms with van der Waals surface area (Å²) < 4.78 is 25.7. The molecule has 5 nitrogen and oxygen atoms in total. The molecule has 0 fully saturated rings. The molecule has 1 aromatic carbocycles. The van der Waals surface area contributed by atoms with Crippen LogP contribution in [0.2, 0.25) is 0 Å². The Kier molecular flexibility index (Phi) is 5.78. The van der Waals surface area contributed by atoms with E-state index in [4.69, 9.17) is 0 Å². The van der Waals surface area contributed by atoms with Crippen LogP contribution in [-0.4, -0.2) is 44.6 Å². The molecule has 1 atom stereocenters. The van der Waals surface area contributed by atoms with Crippen molar-refractivity contribution in [1.82, 2.24) is 4.31 Å². The molecule has 0 amide bonds. The number of hydrogen-bond acceptors (Lipinski definition) is 4. The van der Waals surface area contributed by atoms with Crippen molar-refractivity contribution < 1.29 is 13.5 Å². The van der Waals surface area contributed by atoms with Crippen molar-refractivity contribution >= 4 is 15.7 Å². The Morgan fingerprint density at radius 3 is 2.33 bits per heavy atom. The predicted molar refractivity (Wildman–Crippen MR) is 85.9 cm³/mol. The average molecular weight is 314 g/mol. The lowest BCUT2D eigenvalue weighted by Crippen LogP contribution is -2.27. The highest BCUT2D eigenvalue weighted by Gasteiger charge is 2.22. The van der Waals surface area contributed by atoms with E-state index < -0.39 is 16.1 Å². The molecule has 0 saturated heterocycles. The van der Waals surface area contributed by atoms with Crippen molar-refractivity contribution in [1.29, 1.82) is 0 Å². The molecule has 21 heavy (non-hydrogen) atoms. The van der Waals surface area contributed by atoms with Crippen molar-refractivity contribution in [3.8, 4) is 0 Å². The SMILES string of the molecule is CN(C)S(=O)(=O)c1ccccc1NCC(O)CC(C)(C)C. The van der Waals surface area contributed by atoms with Gasteiger partial charge in [0, 0.05) is 20.6 Å². The number of nitrogens with one attached hydrogen (secondary N) is 1. The molecule has 0 saturated carbocycles. The molecule has 2 N–H and O–H groups in total. The van der Waals surface area contributed by atoms with Crippen LogP contribution in [0, 0.1) is 5.41 Å². The second-order valence-corrected chi connectivity index (χ2v) is 8.70. The van der Waals surface area contributed by atoms with Crippen LogP contribution in [0.3, 0.4) is 0 Å². The first kappa shape index (κ1) is 17.9. The normalized spacial score (nSPS) is 14.2. The number of aliphatic hydroxyl groups excluding tert-OH is 1. The molecule has 1 rings (SSSR count). The molecule has 6 heteroatoms. The third-order valence-corrected chi connectivity index (χ3v) is 4.90. The Balaban J connectivity index is 2.87. The molecule has 0 aliphatic rings. The second-order valence-electron chi connectivity index (χ2n) is 6.58. The standard InChI is InChI=1S/C15H26N2O3S/c1-15(2,3)10-12(18)11-16-13-8-6-7-9-14(13)21(19,20)17(4)5/h6-9,12,16,18H,10-11H2,1-5H3. The van der Waals surface area contributed by atoms with Crippen molar-refractivity contribution in [2.75, 3.05) is 26.0 Å². The summed E-state index contributed by atoms with van der Waals surface area (Å²) in [4.78, 5) is 0.220. The van der Waals surface area contributed by atoms with Gasteiger partial charge in [-0.15, -0.1) is 0 Å². The summed E-state index contributed by atoms with van der Waals surface area (Å²) in [6.07, 6.45) is 0.114. The van der Waals surface area contributed by atoms with Gasteiger partial charge in [0.25, 0.3) is 0 Å². The lowest BCUT2D eigenvalue weighted by Gasteiger charge is -2.23. The topological polar surface area (TPSA) is 69.6 Å². The number of anilines is 1. The molecule has 0 radical (unpaired) electrons. The minimum absolute atomic E-state index is 0.0241. The van der Waals surface area contributed by atoms with E-state index in [1.807, 2.05) is 0 Å². The van der Waals surface area contributed by atoms with Crippen LogP contribution in [-0.2, 0) is 10.0 Å². The van der Waals surface area contributed by atoms with Crippen LogP contribution in [0.15, 0.2) is 29.2 Å². The summed E-state index contributed by atoms with van der Waals surface area (Å²) >= 11 is 0. The highest BCUT2D eigenvalue weighted by atomic mass is 32.2. The molecule has 0 spiro atoms. The monoisotopic (exact) mass is 314 g/mol. The number of rotatable bonds is 6. The highest BCUT2D eigenvalue weighted by molar-refractivity contribution is 7.89. The van der Waals surface area contributed by atoms with Crippen LogP contribution in [0.25, 0.3) is 0 Å². The third kappa shape index (κ3) is 5.30. The van der Waals surface area contributed by atoms with E-state index in [2.05, 4.69) is 26.1 Å². The molecule has 1 unspecified atom stereocenters. The highest BCUT2D eigenvalue weighted by Crippen LogP contribution is 2.24. The van der Waals surface area contributed by atoms with Gasteiger partial charge in [-0.05, 0) is 24.0 Å². The number of nitrogens with zero attached hydrogens (tertiary/aromatic N) is 1. The number of hydrogen-bond donors (Lipinski definition) is 2. The maximum absolute atomic E-state index is 12.2. The third-order valence-electron chi connectivity index (χ3n) is 3.02. The molecule has 0 heterocycles. The predicted octanol–water partition coefficient (Wildman–Crippen LogP) is 2.15. The molecule has 120 valence electrons. The van der Waals surface area contributed by atoms with E-state index in [0.717, 1.165) is 0 Å². The van der Waals surface area contributed by atoms with E-state index in [1.54, 1.807) is 24.3 Å². The minimum atomic E-state index is -3.50. The number of para-hydroxylation sites is 1. The van der Waals surface area contributed by atoms with Gasteiger partial charge in [-0.2, -0.15) is 0 Å². The van der Waals surface area contributed by atoms with Gasteiger partial charge >= 0.3 is 0 Å². The lowest BCUT2D eigenvalue weighted by molar-refractivity contribution is 0.132. The fourth-order valence-corrected chi connectivity index (χ4v) is 3.10. The molecular formula is C15H26N2O3S. The Morgan fingerprint density at radius 1 is 1.24 bits per heavy atom. The van der Waals surface area contributed by atoms with E-state index in [-0.39, 0.29) is 10.3 Å². The van der Waals surface area contributed by atoms with Gasteiger partial charge in [-0.25, -0.2) is 12.7 Å². The smallest absolute Gasteiger partial charge is 0.244 e. The summed E-state index contributed by atoms with van der Waals surface area (Å²) in [6, 6.07) is 6.73. The minimum Gasteiger partial charge on any atom is -0.391 e. The molecule has 0 aliphatic carbocycles.